The molecule has 18 heavy (non-hydrogen) atoms. The molecule has 0 bridgehead atoms. The molecule has 0 amide bonds. The van der Waals surface area contributed by atoms with Gasteiger partial charge < -0.3 is 10.6 Å². The minimum Gasteiger partial charge on any atom is -0.329 e. The Hall–Kier alpha value is -0.0800. The second kappa shape index (κ2) is 6.91. The van der Waals surface area contributed by atoms with Crippen molar-refractivity contribution < 1.29 is 0 Å². The molecule has 0 radical (unpaired) electrons. The van der Waals surface area contributed by atoms with Gasteiger partial charge in [0.25, 0.3) is 0 Å². The fraction of sp³-hybridized carbons (Fsp3) is 1.00. The molecule has 0 aromatic carbocycles. The van der Waals surface area contributed by atoms with E-state index in [9.17, 15) is 0 Å². The van der Waals surface area contributed by atoms with Gasteiger partial charge in [0.15, 0.2) is 0 Å². The van der Waals surface area contributed by atoms with E-state index in [2.05, 4.69) is 18.9 Å². The van der Waals surface area contributed by atoms with Gasteiger partial charge in [-0.05, 0) is 50.5 Å². The summed E-state index contributed by atoms with van der Waals surface area (Å²) in [5, 5.41) is 0. The first-order chi connectivity index (χ1) is 8.70. The highest BCUT2D eigenvalue weighted by Gasteiger charge is 2.29. The van der Waals surface area contributed by atoms with Crippen LogP contribution in [0.1, 0.15) is 58.3 Å². The van der Waals surface area contributed by atoms with E-state index in [1.807, 2.05) is 0 Å². The van der Waals surface area contributed by atoms with Gasteiger partial charge in [0.05, 0.1) is 0 Å². The fourth-order valence-corrected chi connectivity index (χ4v) is 4.14. The largest absolute Gasteiger partial charge is 0.329 e. The van der Waals surface area contributed by atoms with E-state index in [0.29, 0.717) is 6.04 Å². The van der Waals surface area contributed by atoms with Crippen molar-refractivity contribution in [2.75, 3.05) is 20.1 Å². The lowest BCUT2D eigenvalue weighted by Gasteiger charge is -2.38. The van der Waals surface area contributed by atoms with Crippen LogP contribution in [0.4, 0.5) is 0 Å². The Bertz CT molecular complexity index is 227. The SMILES string of the molecule is CC1CCC(C(CN)N(C)CC2CCCC2)CC1. The molecule has 2 nitrogen and oxygen atoms in total. The van der Waals surface area contributed by atoms with Gasteiger partial charge in [-0.25, -0.2) is 0 Å². The third-order valence-electron chi connectivity index (χ3n) is 5.43. The summed E-state index contributed by atoms with van der Waals surface area (Å²) in [6.45, 7) is 4.53. The van der Waals surface area contributed by atoms with Crippen molar-refractivity contribution in [3.05, 3.63) is 0 Å². The monoisotopic (exact) mass is 252 g/mol. The Morgan fingerprint density at radius 2 is 1.67 bits per heavy atom. The van der Waals surface area contributed by atoms with Gasteiger partial charge in [0, 0.05) is 19.1 Å². The molecule has 2 N–H and O–H groups in total. The summed E-state index contributed by atoms with van der Waals surface area (Å²) in [6.07, 6.45) is 11.4. The Morgan fingerprint density at radius 3 is 2.22 bits per heavy atom. The van der Waals surface area contributed by atoms with Crippen LogP contribution in [-0.4, -0.2) is 31.1 Å². The third kappa shape index (κ3) is 3.71. The lowest BCUT2D eigenvalue weighted by Crippen LogP contribution is -2.46. The van der Waals surface area contributed by atoms with E-state index in [-0.39, 0.29) is 0 Å². The number of likely N-dealkylation sites (N-methyl/N-ethyl adjacent to an activating group) is 1. The van der Waals surface area contributed by atoms with E-state index in [0.717, 1.165) is 24.3 Å². The van der Waals surface area contributed by atoms with Gasteiger partial charge in [-0.15, -0.1) is 0 Å². The van der Waals surface area contributed by atoms with Crippen molar-refractivity contribution in [1.82, 2.24) is 4.90 Å². The van der Waals surface area contributed by atoms with Crippen LogP contribution in [0, 0.1) is 17.8 Å². The number of hydrogen-bond acceptors (Lipinski definition) is 2. The summed E-state index contributed by atoms with van der Waals surface area (Å²) >= 11 is 0. The van der Waals surface area contributed by atoms with Crippen molar-refractivity contribution in [2.45, 2.75) is 64.3 Å². The molecule has 0 aromatic rings. The second-order valence-electron chi connectivity index (χ2n) is 6.91. The molecular formula is C16H32N2. The first-order valence-corrected chi connectivity index (χ1v) is 8.11. The molecule has 2 aliphatic carbocycles. The normalized spacial score (nSPS) is 32.0. The number of nitrogens with two attached hydrogens (primary N) is 1. The van der Waals surface area contributed by atoms with Gasteiger partial charge in [-0.2, -0.15) is 0 Å². The topological polar surface area (TPSA) is 29.3 Å². The summed E-state index contributed by atoms with van der Waals surface area (Å²) in [7, 11) is 2.31. The molecule has 2 fully saturated rings. The standard InChI is InChI=1S/C16H32N2/c1-13-7-9-15(10-8-13)16(11-17)18(2)12-14-5-3-4-6-14/h13-16H,3-12,17H2,1-2H3. The Kier molecular flexibility index (Phi) is 5.50. The Labute approximate surface area is 113 Å². The van der Waals surface area contributed by atoms with Crippen LogP contribution in [-0.2, 0) is 0 Å². The van der Waals surface area contributed by atoms with Crippen LogP contribution >= 0.6 is 0 Å². The average Bonchev–Trinajstić information content (AvgIpc) is 2.85. The van der Waals surface area contributed by atoms with E-state index >= 15 is 0 Å². The minimum absolute atomic E-state index is 0.637. The van der Waals surface area contributed by atoms with Crippen molar-refractivity contribution in [3.63, 3.8) is 0 Å². The smallest absolute Gasteiger partial charge is 0.0243 e. The molecule has 2 aliphatic rings. The predicted octanol–water partition coefficient (Wildman–Crippen LogP) is 3.26. The van der Waals surface area contributed by atoms with Crippen LogP contribution < -0.4 is 5.73 Å². The van der Waals surface area contributed by atoms with Gasteiger partial charge in [-0.1, -0.05) is 32.6 Å². The zero-order valence-corrected chi connectivity index (χ0v) is 12.4. The molecule has 0 heterocycles. The third-order valence-corrected chi connectivity index (χ3v) is 5.43. The highest BCUT2D eigenvalue weighted by molar-refractivity contribution is 4.84. The van der Waals surface area contributed by atoms with E-state index in [1.165, 1.54) is 57.9 Å². The summed E-state index contributed by atoms with van der Waals surface area (Å²) in [5.74, 6) is 2.75. The summed E-state index contributed by atoms with van der Waals surface area (Å²) < 4.78 is 0. The number of hydrogen-bond donors (Lipinski definition) is 1. The van der Waals surface area contributed by atoms with E-state index in [1.54, 1.807) is 0 Å². The van der Waals surface area contributed by atoms with Gasteiger partial charge >= 0.3 is 0 Å². The summed E-state index contributed by atoms with van der Waals surface area (Å²) in [4.78, 5) is 2.59. The Balaban J connectivity index is 1.82. The van der Waals surface area contributed by atoms with Crippen LogP contribution in [0.15, 0.2) is 0 Å². The highest BCUT2D eigenvalue weighted by atomic mass is 15.1. The second-order valence-corrected chi connectivity index (χ2v) is 6.91. The van der Waals surface area contributed by atoms with E-state index in [4.69, 9.17) is 5.73 Å². The predicted molar refractivity (Wildman–Crippen MR) is 78.6 cm³/mol. The fourth-order valence-electron chi connectivity index (χ4n) is 4.14. The first kappa shape index (κ1) is 14.3. The first-order valence-electron chi connectivity index (χ1n) is 8.11. The molecule has 1 unspecified atom stereocenters. The average molecular weight is 252 g/mol. The lowest BCUT2D eigenvalue weighted by atomic mass is 9.78. The van der Waals surface area contributed by atoms with Crippen molar-refractivity contribution in [2.24, 2.45) is 23.5 Å². The molecule has 1 atom stereocenters. The van der Waals surface area contributed by atoms with Gasteiger partial charge in [0.2, 0.25) is 0 Å². The summed E-state index contributed by atoms with van der Waals surface area (Å²) in [6, 6.07) is 0.637. The van der Waals surface area contributed by atoms with Gasteiger partial charge in [-0.3, -0.25) is 0 Å². The molecule has 2 heteroatoms. The molecule has 2 rings (SSSR count). The summed E-state index contributed by atoms with van der Waals surface area (Å²) in [5.41, 5.74) is 6.07. The van der Waals surface area contributed by atoms with Crippen molar-refractivity contribution in [3.8, 4) is 0 Å². The van der Waals surface area contributed by atoms with Crippen LogP contribution in [0.3, 0.4) is 0 Å². The van der Waals surface area contributed by atoms with Crippen molar-refractivity contribution in [1.29, 1.82) is 0 Å². The molecular weight excluding hydrogens is 220 g/mol. The highest BCUT2D eigenvalue weighted by Crippen LogP contribution is 2.33. The zero-order chi connectivity index (χ0) is 13.0. The quantitative estimate of drug-likeness (QED) is 0.814. The van der Waals surface area contributed by atoms with Crippen LogP contribution in [0.25, 0.3) is 0 Å². The zero-order valence-electron chi connectivity index (χ0n) is 12.4. The molecule has 0 aliphatic heterocycles. The van der Waals surface area contributed by atoms with Crippen molar-refractivity contribution >= 4 is 0 Å². The Morgan fingerprint density at radius 1 is 1.06 bits per heavy atom. The minimum atomic E-state index is 0.637. The molecule has 0 saturated heterocycles. The maximum absolute atomic E-state index is 6.07. The van der Waals surface area contributed by atoms with Crippen LogP contribution in [0.2, 0.25) is 0 Å². The molecule has 2 saturated carbocycles. The number of rotatable bonds is 5. The maximum atomic E-state index is 6.07. The molecule has 0 spiro atoms. The van der Waals surface area contributed by atoms with Gasteiger partial charge in [0.1, 0.15) is 0 Å². The van der Waals surface area contributed by atoms with Crippen LogP contribution in [0.5, 0.6) is 0 Å². The molecule has 106 valence electrons. The lowest BCUT2D eigenvalue weighted by molar-refractivity contribution is 0.121. The number of nitrogens with zero attached hydrogens (tertiary/aromatic N) is 1. The van der Waals surface area contributed by atoms with E-state index < -0.39 is 0 Å². The maximum Gasteiger partial charge on any atom is 0.0243 e. The molecule has 0 aromatic heterocycles.